The lowest BCUT2D eigenvalue weighted by atomic mass is 10.2. The predicted molar refractivity (Wildman–Crippen MR) is 87.2 cm³/mol. The molecule has 0 saturated carbocycles. The Morgan fingerprint density at radius 2 is 1.86 bits per heavy atom. The summed E-state index contributed by atoms with van der Waals surface area (Å²) in [5, 5.41) is 13.7. The predicted octanol–water partition coefficient (Wildman–Crippen LogP) is 3.94. The van der Waals surface area contributed by atoms with E-state index in [0.29, 0.717) is 0 Å². The Morgan fingerprint density at radius 1 is 1.10 bits per heavy atom. The number of aromatic nitrogens is 4. The molecule has 2 aromatic heterocycles. The van der Waals surface area contributed by atoms with Gasteiger partial charge >= 0.3 is 0 Å². The van der Waals surface area contributed by atoms with Gasteiger partial charge in [0.15, 0.2) is 4.34 Å². The number of thioether (sulfide) groups is 1. The second-order valence-electron chi connectivity index (χ2n) is 4.88. The van der Waals surface area contributed by atoms with Crippen LogP contribution < -0.4 is 0 Å². The molecule has 4 nitrogen and oxygen atoms in total. The highest BCUT2D eigenvalue weighted by Crippen LogP contribution is 2.26. The molecule has 108 valence electrons. The van der Waals surface area contributed by atoms with Crippen LogP contribution >= 0.6 is 23.1 Å². The third-order valence-electron chi connectivity index (χ3n) is 3.06. The van der Waals surface area contributed by atoms with Gasteiger partial charge in [-0.15, -0.1) is 10.2 Å². The summed E-state index contributed by atoms with van der Waals surface area (Å²) in [7, 11) is 0. The molecule has 0 unspecified atom stereocenters. The molecule has 1 aromatic carbocycles. The molecular formula is C15H16N4S2. The number of nitrogens with zero attached hydrogens (tertiary/aromatic N) is 4. The van der Waals surface area contributed by atoms with Gasteiger partial charge in [-0.25, -0.2) is 4.68 Å². The molecule has 0 bridgehead atoms. The maximum Gasteiger partial charge on any atom is 0.174 e. The van der Waals surface area contributed by atoms with Gasteiger partial charge in [0.25, 0.3) is 0 Å². The summed E-state index contributed by atoms with van der Waals surface area (Å²) in [5.41, 5.74) is 4.57. The summed E-state index contributed by atoms with van der Waals surface area (Å²) in [5.74, 6) is 0.909. The molecule has 0 atom stereocenters. The van der Waals surface area contributed by atoms with E-state index in [0.717, 1.165) is 32.2 Å². The van der Waals surface area contributed by atoms with Crippen molar-refractivity contribution in [2.75, 3.05) is 0 Å². The zero-order valence-electron chi connectivity index (χ0n) is 12.2. The molecule has 0 N–H and O–H groups in total. The van der Waals surface area contributed by atoms with Gasteiger partial charge in [0.05, 0.1) is 11.4 Å². The van der Waals surface area contributed by atoms with Gasteiger partial charge in [0.2, 0.25) is 0 Å². The Morgan fingerprint density at radius 3 is 2.43 bits per heavy atom. The summed E-state index contributed by atoms with van der Waals surface area (Å²) in [6.45, 7) is 6.06. The number of rotatable bonds is 4. The van der Waals surface area contributed by atoms with Crippen LogP contribution in [0.5, 0.6) is 0 Å². The largest absolute Gasteiger partial charge is 0.238 e. The lowest BCUT2D eigenvalue weighted by Crippen LogP contribution is -1.98. The molecule has 21 heavy (non-hydrogen) atoms. The van der Waals surface area contributed by atoms with E-state index >= 15 is 0 Å². The van der Waals surface area contributed by atoms with E-state index in [1.165, 1.54) is 5.56 Å². The normalized spacial score (nSPS) is 11.0. The topological polar surface area (TPSA) is 43.6 Å². The fourth-order valence-corrected chi connectivity index (χ4v) is 3.88. The first-order chi connectivity index (χ1) is 10.1. The Kier molecular flexibility index (Phi) is 4.07. The van der Waals surface area contributed by atoms with Crippen molar-refractivity contribution in [1.29, 1.82) is 0 Å². The summed E-state index contributed by atoms with van der Waals surface area (Å²) in [6, 6.07) is 10.6. The third kappa shape index (κ3) is 3.33. The second kappa shape index (κ2) is 5.99. The first-order valence-corrected chi connectivity index (χ1v) is 8.47. The molecule has 3 aromatic rings. The highest BCUT2D eigenvalue weighted by atomic mass is 32.2. The first-order valence-electron chi connectivity index (χ1n) is 6.67. The van der Waals surface area contributed by atoms with Crippen LogP contribution in [0.15, 0.2) is 34.7 Å². The molecule has 0 radical (unpaired) electrons. The van der Waals surface area contributed by atoms with E-state index in [9.17, 15) is 0 Å². The molecule has 3 rings (SSSR count). The average molecular weight is 316 g/mol. The van der Waals surface area contributed by atoms with E-state index in [4.69, 9.17) is 0 Å². The van der Waals surface area contributed by atoms with E-state index in [2.05, 4.69) is 52.6 Å². The molecule has 0 amide bonds. The zero-order valence-corrected chi connectivity index (χ0v) is 13.8. The van der Waals surface area contributed by atoms with Gasteiger partial charge in [0, 0.05) is 11.4 Å². The van der Waals surface area contributed by atoms with E-state index in [-0.39, 0.29) is 0 Å². The second-order valence-corrected chi connectivity index (χ2v) is 7.29. The summed E-state index contributed by atoms with van der Waals surface area (Å²) in [6.07, 6.45) is 0. The fraction of sp³-hybridized carbons (Fsp3) is 0.267. The average Bonchev–Trinajstić information content (AvgIpc) is 3.03. The molecule has 0 saturated heterocycles. The summed E-state index contributed by atoms with van der Waals surface area (Å²) in [4.78, 5) is 0. The lowest BCUT2D eigenvalue weighted by Gasteiger charge is -2.05. The van der Waals surface area contributed by atoms with Crippen molar-refractivity contribution in [3.63, 3.8) is 0 Å². The SMILES string of the molecule is Cc1cc(C)n(-c2ccc(CSc3nnc(C)s3)cc2)n1. The fourth-order valence-electron chi connectivity index (χ4n) is 2.11. The number of hydrogen-bond donors (Lipinski definition) is 0. The molecule has 6 heteroatoms. The van der Waals surface area contributed by atoms with Crippen molar-refractivity contribution in [2.45, 2.75) is 30.9 Å². The van der Waals surface area contributed by atoms with Crippen LogP contribution in [0.3, 0.4) is 0 Å². The van der Waals surface area contributed by atoms with E-state index < -0.39 is 0 Å². The Balaban J connectivity index is 1.70. The van der Waals surface area contributed by atoms with E-state index in [1.54, 1.807) is 23.1 Å². The number of benzene rings is 1. The van der Waals surface area contributed by atoms with Gasteiger partial charge in [-0.3, -0.25) is 0 Å². The zero-order chi connectivity index (χ0) is 14.8. The molecule has 0 aliphatic carbocycles. The molecule has 0 aliphatic heterocycles. The van der Waals surface area contributed by atoms with Crippen LogP contribution in [0.1, 0.15) is 22.0 Å². The minimum absolute atomic E-state index is 0.909. The Labute approximate surface area is 132 Å². The van der Waals surface area contributed by atoms with Crippen molar-refractivity contribution in [2.24, 2.45) is 0 Å². The minimum Gasteiger partial charge on any atom is -0.238 e. The molecule has 0 spiro atoms. The van der Waals surface area contributed by atoms with Gasteiger partial charge in [-0.05, 0) is 44.5 Å². The van der Waals surface area contributed by atoms with Crippen molar-refractivity contribution < 1.29 is 0 Å². The number of hydrogen-bond acceptors (Lipinski definition) is 5. The van der Waals surface area contributed by atoms with Crippen LogP contribution in [-0.4, -0.2) is 20.0 Å². The van der Waals surface area contributed by atoms with Crippen molar-refractivity contribution in [1.82, 2.24) is 20.0 Å². The van der Waals surface area contributed by atoms with Crippen molar-refractivity contribution in [3.8, 4) is 5.69 Å². The van der Waals surface area contributed by atoms with Crippen molar-refractivity contribution >= 4 is 23.1 Å². The van der Waals surface area contributed by atoms with Crippen LogP contribution in [0.2, 0.25) is 0 Å². The lowest BCUT2D eigenvalue weighted by molar-refractivity contribution is 0.833. The molecule has 2 heterocycles. The molecule has 0 aliphatic rings. The van der Waals surface area contributed by atoms with Crippen molar-refractivity contribution in [3.05, 3.63) is 52.3 Å². The van der Waals surface area contributed by atoms with E-state index in [1.807, 2.05) is 18.5 Å². The Hall–Kier alpha value is -1.66. The standard InChI is InChI=1S/C15H16N4S2/c1-10-8-11(2)19(18-10)14-6-4-13(5-7-14)9-20-15-17-16-12(3)21-15/h4-8H,9H2,1-3H3. The maximum absolute atomic E-state index is 4.50. The third-order valence-corrected chi connectivity index (χ3v) is 5.10. The highest BCUT2D eigenvalue weighted by Gasteiger charge is 2.05. The Bertz CT molecular complexity index is 743. The number of aryl methyl sites for hydroxylation is 3. The minimum atomic E-state index is 0.909. The van der Waals surface area contributed by atoms with Crippen LogP contribution in [0, 0.1) is 20.8 Å². The maximum atomic E-state index is 4.50. The van der Waals surface area contributed by atoms with Gasteiger partial charge < -0.3 is 0 Å². The smallest absolute Gasteiger partial charge is 0.174 e. The van der Waals surface area contributed by atoms with Crippen LogP contribution in [-0.2, 0) is 5.75 Å². The monoisotopic (exact) mass is 316 g/mol. The molecular weight excluding hydrogens is 300 g/mol. The highest BCUT2D eigenvalue weighted by molar-refractivity contribution is 8.00. The molecule has 0 fully saturated rings. The van der Waals surface area contributed by atoms with Crippen LogP contribution in [0.25, 0.3) is 5.69 Å². The van der Waals surface area contributed by atoms with Gasteiger partial charge in [-0.2, -0.15) is 5.10 Å². The van der Waals surface area contributed by atoms with Crippen LogP contribution in [0.4, 0.5) is 0 Å². The van der Waals surface area contributed by atoms with Gasteiger partial charge in [0.1, 0.15) is 5.01 Å². The quantitative estimate of drug-likeness (QED) is 0.684. The summed E-state index contributed by atoms with van der Waals surface area (Å²) >= 11 is 3.36. The first kappa shape index (κ1) is 14.3. The van der Waals surface area contributed by atoms with Gasteiger partial charge in [-0.1, -0.05) is 35.2 Å². The summed E-state index contributed by atoms with van der Waals surface area (Å²) < 4.78 is 3.00.